The number of nitrogens with zero attached hydrogens (tertiary/aromatic N) is 1. The third kappa shape index (κ3) is 4.10. The number of amides is 1. The second kappa shape index (κ2) is 6.60. The summed E-state index contributed by atoms with van der Waals surface area (Å²) in [5.41, 5.74) is 0.995. The molecule has 5 heteroatoms. The maximum atomic E-state index is 12.1. The van der Waals surface area contributed by atoms with E-state index in [1.807, 2.05) is 19.2 Å². The third-order valence-electron chi connectivity index (χ3n) is 3.46. The van der Waals surface area contributed by atoms with Gasteiger partial charge in [-0.1, -0.05) is 29.3 Å². The van der Waals surface area contributed by atoms with Gasteiger partial charge in [-0.25, -0.2) is 0 Å². The summed E-state index contributed by atoms with van der Waals surface area (Å²) >= 11 is 11.8. The molecule has 0 radical (unpaired) electrons. The molecule has 1 heterocycles. The first-order valence-corrected chi connectivity index (χ1v) is 7.20. The van der Waals surface area contributed by atoms with Gasteiger partial charge in [-0.05, 0) is 43.1 Å². The molecule has 1 aromatic rings. The molecule has 1 unspecified atom stereocenters. The molecule has 0 aromatic heterocycles. The molecule has 1 fully saturated rings. The summed E-state index contributed by atoms with van der Waals surface area (Å²) in [6.45, 7) is 2.54. The van der Waals surface area contributed by atoms with Crippen molar-refractivity contribution in [3.63, 3.8) is 0 Å². The average Bonchev–Trinajstić information content (AvgIpc) is 2.86. The van der Waals surface area contributed by atoms with Crippen molar-refractivity contribution in [2.75, 3.05) is 20.1 Å². The lowest BCUT2D eigenvalue weighted by Gasteiger charge is -2.19. The predicted octanol–water partition coefficient (Wildman–Crippen LogP) is 2.95. The normalized spacial score (nSPS) is 18.6. The highest BCUT2D eigenvalue weighted by Gasteiger charge is 2.20. The molecule has 104 valence electrons. The van der Waals surface area contributed by atoms with Crippen LogP contribution in [0.3, 0.4) is 0 Å². The monoisotopic (exact) mass is 300 g/mol. The van der Waals surface area contributed by atoms with Crippen LogP contribution in [0.5, 0.6) is 0 Å². The fourth-order valence-corrected chi connectivity index (χ4v) is 2.61. The molecule has 0 aliphatic carbocycles. The van der Waals surface area contributed by atoms with Gasteiger partial charge in [0, 0.05) is 20.0 Å². The van der Waals surface area contributed by atoms with Crippen LogP contribution in [0.25, 0.3) is 0 Å². The van der Waals surface area contributed by atoms with E-state index in [2.05, 4.69) is 5.32 Å². The molecule has 19 heavy (non-hydrogen) atoms. The zero-order valence-corrected chi connectivity index (χ0v) is 12.5. The van der Waals surface area contributed by atoms with E-state index >= 15 is 0 Å². The Balaban J connectivity index is 1.90. The van der Waals surface area contributed by atoms with Crippen LogP contribution < -0.4 is 5.32 Å². The molecular weight excluding hydrogens is 283 g/mol. The Bertz CT molecular complexity index is 459. The Hall–Kier alpha value is -0.770. The Kier molecular flexibility index (Phi) is 5.08. The number of hydrogen-bond donors (Lipinski definition) is 1. The van der Waals surface area contributed by atoms with Crippen LogP contribution in [-0.4, -0.2) is 30.9 Å². The van der Waals surface area contributed by atoms with Crippen LogP contribution in [0.2, 0.25) is 10.0 Å². The quantitative estimate of drug-likeness (QED) is 0.927. The zero-order valence-electron chi connectivity index (χ0n) is 11.0. The van der Waals surface area contributed by atoms with Crippen molar-refractivity contribution in [3.8, 4) is 0 Å². The zero-order chi connectivity index (χ0) is 13.8. The topological polar surface area (TPSA) is 32.3 Å². The first kappa shape index (κ1) is 14.6. The number of carbonyl (C=O) groups is 1. The minimum atomic E-state index is 0.180. The average molecular weight is 301 g/mol. The molecule has 1 aliphatic rings. The molecule has 3 nitrogen and oxygen atoms in total. The van der Waals surface area contributed by atoms with Crippen molar-refractivity contribution in [2.24, 2.45) is 5.92 Å². The first-order valence-electron chi connectivity index (χ1n) is 6.45. The summed E-state index contributed by atoms with van der Waals surface area (Å²) in [6.07, 6.45) is 1.71. The summed E-state index contributed by atoms with van der Waals surface area (Å²) in [7, 11) is 1.83. The van der Waals surface area contributed by atoms with Gasteiger partial charge < -0.3 is 10.2 Å². The van der Waals surface area contributed by atoms with Gasteiger partial charge in [-0.2, -0.15) is 0 Å². The van der Waals surface area contributed by atoms with Crippen molar-refractivity contribution in [2.45, 2.75) is 19.4 Å². The molecule has 2 rings (SSSR count). The highest BCUT2D eigenvalue weighted by Crippen LogP contribution is 2.23. The molecule has 0 bridgehead atoms. The number of carbonyl (C=O) groups excluding carboxylic acids is 1. The van der Waals surface area contributed by atoms with E-state index < -0.39 is 0 Å². The largest absolute Gasteiger partial charge is 0.341 e. The molecule has 1 aromatic carbocycles. The number of hydrogen-bond acceptors (Lipinski definition) is 2. The minimum absolute atomic E-state index is 0.180. The Labute approximate surface area is 123 Å². The molecule has 0 spiro atoms. The van der Waals surface area contributed by atoms with Crippen LogP contribution >= 0.6 is 23.2 Å². The van der Waals surface area contributed by atoms with Crippen LogP contribution in [0.1, 0.15) is 18.4 Å². The molecule has 0 saturated carbocycles. The highest BCUT2D eigenvalue weighted by molar-refractivity contribution is 6.42. The molecule has 1 amide bonds. The van der Waals surface area contributed by atoms with E-state index in [0.29, 0.717) is 28.9 Å². The fourth-order valence-electron chi connectivity index (χ4n) is 2.29. The SMILES string of the molecule is CN(Cc1ccc(Cl)c(Cl)c1)C(=O)CC1CCNC1. The number of nitrogens with one attached hydrogen (secondary N) is 1. The molecule has 1 aliphatic heterocycles. The van der Waals surface area contributed by atoms with Crippen LogP contribution in [0.15, 0.2) is 18.2 Å². The van der Waals surface area contributed by atoms with Crippen molar-refractivity contribution in [1.29, 1.82) is 0 Å². The molecule has 1 N–H and O–H groups in total. The van der Waals surface area contributed by atoms with Gasteiger partial charge in [0.05, 0.1) is 10.0 Å². The lowest BCUT2D eigenvalue weighted by molar-refractivity contribution is -0.131. The fraction of sp³-hybridized carbons (Fsp3) is 0.500. The Morgan fingerprint density at radius 2 is 2.21 bits per heavy atom. The van der Waals surface area contributed by atoms with Gasteiger partial charge in [0.25, 0.3) is 0 Å². The summed E-state index contributed by atoms with van der Waals surface area (Å²) in [5, 5.41) is 4.34. The number of rotatable bonds is 4. The van der Waals surface area contributed by atoms with Gasteiger partial charge >= 0.3 is 0 Å². The first-order chi connectivity index (χ1) is 9.06. The predicted molar refractivity (Wildman–Crippen MR) is 78.5 cm³/mol. The van der Waals surface area contributed by atoms with Crippen molar-refractivity contribution < 1.29 is 4.79 Å². The van der Waals surface area contributed by atoms with E-state index in [0.717, 1.165) is 25.1 Å². The summed E-state index contributed by atoms with van der Waals surface area (Å²) < 4.78 is 0. The van der Waals surface area contributed by atoms with E-state index in [9.17, 15) is 4.79 Å². The van der Waals surface area contributed by atoms with E-state index in [1.54, 1.807) is 11.0 Å². The van der Waals surface area contributed by atoms with E-state index in [-0.39, 0.29) is 5.91 Å². The van der Waals surface area contributed by atoms with Crippen LogP contribution in [-0.2, 0) is 11.3 Å². The van der Waals surface area contributed by atoms with Gasteiger partial charge in [0.2, 0.25) is 5.91 Å². The maximum absolute atomic E-state index is 12.1. The Morgan fingerprint density at radius 3 is 2.84 bits per heavy atom. The van der Waals surface area contributed by atoms with Crippen molar-refractivity contribution in [1.82, 2.24) is 10.2 Å². The second-order valence-electron chi connectivity index (χ2n) is 5.06. The summed E-state index contributed by atoms with van der Waals surface area (Å²) in [6, 6.07) is 5.47. The molecule has 1 atom stereocenters. The minimum Gasteiger partial charge on any atom is -0.341 e. The lowest BCUT2D eigenvalue weighted by atomic mass is 10.0. The maximum Gasteiger partial charge on any atom is 0.222 e. The standard InChI is InChI=1S/C14H18Cl2N2O/c1-18(14(19)7-10-4-5-17-8-10)9-11-2-3-12(15)13(16)6-11/h2-3,6,10,17H,4-5,7-9H2,1H3. The van der Waals surface area contributed by atoms with Crippen molar-refractivity contribution in [3.05, 3.63) is 33.8 Å². The molecular formula is C14H18Cl2N2O. The number of halogens is 2. The summed E-state index contributed by atoms with van der Waals surface area (Å²) in [4.78, 5) is 13.8. The van der Waals surface area contributed by atoms with Gasteiger partial charge in [0.1, 0.15) is 0 Å². The van der Waals surface area contributed by atoms with Crippen molar-refractivity contribution >= 4 is 29.1 Å². The highest BCUT2D eigenvalue weighted by atomic mass is 35.5. The van der Waals surface area contributed by atoms with Gasteiger partial charge in [-0.15, -0.1) is 0 Å². The van der Waals surface area contributed by atoms with Gasteiger partial charge in [0.15, 0.2) is 0 Å². The smallest absolute Gasteiger partial charge is 0.222 e. The lowest BCUT2D eigenvalue weighted by Crippen LogP contribution is -2.28. The third-order valence-corrected chi connectivity index (χ3v) is 4.19. The van der Waals surface area contributed by atoms with E-state index in [1.165, 1.54) is 0 Å². The Morgan fingerprint density at radius 1 is 1.42 bits per heavy atom. The molecule has 1 saturated heterocycles. The summed E-state index contributed by atoms with van der Waals surface area (Å²) in [5.74, 6) is 0.656. The van der Waals surface area contributed by atoms with Crippen LogP contribution in [0.4, 0.5) is 0 Å². The second-order valence-corrected chi connectivity index (χ2v) is 5.88. The van der Waals surface area contributed by atoms with Crippen LogP contribution in [0, 0.1) is 5.92 Å². The number of benzene rings is 1. The van der Waals surface area contributed by atoms with Gasteiger partial charge in [-0.3, -0.25) is 4.79 Å². The van der Waals surface area contributed by atoms with E-state index in [4.69, 9.17) is 23.2 Å².